The van der Waals surface area contributed by atoms with Crippen molar-refractivity contribution < 1.29 is 22.4 Å². The van der Waals surface area contributed by atoms with Crippen molar-refractivity contribution in [1.82, 2.24) is 30.0 Å². The lowest BCUT2D eigenvalue weighted by molar-refractivity contribution is -0.137. The van der Waals surface area contributed by atoms with Crippen LogP contribution in [-0.2, 0) is 12.0 Å². The Hall–Kier alpha value is -4.46. The van der Waals surface area contributed by atoms with Gasteiger partial charge in [-0.25, -0.2) is 29.0 Å². The topological polar surface area (TPSA) is 150 Å². The number of nitrogens with two attached hydrogens (primary N) is 2. The second-order valence-electron chi connectivity index (χ2n) is 9.98. The fraction of sp³-hybridized carbons (Fsp3) is 0.308. The van der Waals surface area contributed by atoms with Crippen molar-refractivity contribution >= 4 is 28.6 Å². The van der Waals surface area contributed by atoms with E-state index in [0.717, 1.165) is 0 Å². The normalized spacial score (nSPS) is 15.1. The largest absolute Gasteiger partial charge is 0.390 e. The summed E-state index contributed by atoms with van der Waals surface area (Å²) in [6, 6.07) is 8.32. The second-order valence-corrected chi connectivity index (χ2v) is 9.98. The lowest BCUT2D eigenvalue weighted by atomic mass is 9.84. The number of hydrogen-bond acceptors (Lipinski definition) is 8. The summed E-state index contributed by atoms with van der Waals surface area (Å²) in [4.78, 5) is 31.0. The number of pyridine rings is 1. The molecule has 0 fully saturated rings. The van der Waals surface area contributed by atoms with Crippen LogP contribution in [-0.4, -0.2) is 55.2 Å². The van der Waals surface area contributed by atoms with E-state index in [9.17, 15) is 22.4 Å². The molecular weight excluding hydrogens is 530 g/mol. The van der Waals surface area contributed by atoms with Gasteiger partial charge in [0.25, 0.3) is 5.91 Å². The number of nitrogens with zero attached hydrogens (tertiary/aromatic N) is 6. The summed E-state index contributed by atoms with van der Waals surface area (Å²) in [5, 5.41) is 7.57. The predicted octanol–water partition coefficient (Wildman–Crippen LogP) is 3.37. The minimum Gasteiger partial charge on any atom is -0.386 e. The molecule has 0 spiro atoms. The first kappa shape index (κ1) is 27.1. The molecular formula is C26H25F4N9O. The molecule has 40 heavy (non-hydrogen) atoms. The van der Waals surface area contributed by atoms with E-state index in [1.807, 2.05) is 0 Å². The van der Waals surface area contributed by atoms with Gasteiger partial charge >= 0.3 is 6.18 Å². The van der Waals surface area contributed by atoms with Gasteiger partial charge in [0.2, 0.25) is 0 Å². The number of amidine groups is 1. The van der Waals surface area contributed by atoms with E-state index < -0.39 is 42.3 Å². The molecule has 1 unspecified atom stereocenters. The summed E-state index contributed by atoms with van der Waals surface area (Å²) in [7, 11) is 0. The number of halogens is 4. The highest BCUT2D eigenvalue weighted by atomic mass is 19.4. The summed E-state index contributed by atoms with van der Waals surface area (Å²) in [5.74, 6) is -0.829. The Morgan fingerprint density at radius 1 is 1.15 bits per heavy atom. The maximum absolute atomic E-state index is 14.4. The number of nitrogens with one attached hydrogen (secondary N) is 1. The van der Waals surface area contributed by atoms with Crippen LogP contribution in [0.25, 0.3) is 22.6 Å². The van der Waals surface area contributed by atoms with Crippen molar-refractivity contribution in [2.24, 2.45) is 16.5 Å². The van der Waals surface area contributed by atoms with Crippen LogP contribution >= 0.6 is 0 Å². The van der Waals surface area contributed by atoms with Gasteiger partial charge in [-0.15, -0.1) is 0 Å². The third-order valence-corrected chi connectivity index (χ3v) is 6.61. The highest BCUT2D eigenvalue weighted by Gasteiger charge is 2.40. The first-order valence-corrected chi connectivity index (χ1v) is 12.3. The Labute approximate surface area is 225 Å². The minimum absolute atomic E-state index is 0.0167. The average Bonchev–Trinajstić information content (AvgIpc) is 3.36. The van der Waals surface area contributed by atoms with Crippen LogP contribution in [0.15, 0.2) is 47.6 Å². The molecule has 14 heteroatoms. The number of fused-ring (bicyclic) bond motifs is 2. The molecule has 10 nitrogen and oxygen atoms in total. The Bertz CT molecular complexity index is 1650. The van der Waals surface area contributed by atoms with Crippen LogP contribution < -0.4 is 16.8 Å². The first-order valence-electron chi connectivity index (χ1n) is 12.3. The van der Waals surface area contributed by atoms with Gasteiger partial charge < -0.3 is 16.8 Å². The summed E-state index contributed by atoms with van der Waals surface area (Å²) < 4.78 is 54.1. The monoisotopic (exact) mass is 555 g/mol. The molecule has 3 aromatic heterocycles. The summed E-state index contributed by atoms with van der Waals surface area (Å²) in [5.41, 5.74) is 12.1. The second kappa shape index (κ2) is 9.93. The lowest BCUT2D eigenvalue weighted by Gasteiger charge is -2.22. The third-order valence-electron chi connectivity index (χ3n) is 6.61. The highest BCUT2D eigenvalue weighted by molar-refractivity contribution is 6.04. The number of benzene rings is 1. The molecule has 5 rings (SSSR count). The number of hydrogen-bond donors (Lipinski definition) is 3. The van der Waals surface area contributed by atoms with Gasteiger partial charge in [-0.05, 0) is 32.0 Å². The van der Waals surface area contributed by atoms with Crippen LogP contribution in [0, 0.1) is 5.82 Å². The molecule has 1 aliphatic heterocycles. The van der Waals surface area contributed by atoms with Crippen molar-refractivity contribution in [3.05, 3.63) is 65.2 Å². The number of carbonyl (C=O) groups is 1. The van der Waals surface area contributed by atoms with E-state index in [0.29, 0.717) is 22.2 Å². The summed E-state index contributed by atoms with van der Waals surface area (Å²) in [6.45, 7) is 3.09. The Morgan fingerprint density at radius 2 is 1.90 bits per heavy atom. The fourth-order valence-corrected chi connectivity index (χ4v) is 4.51. The molecule has 1 amide bonds. The zero-order chi connectivity index (χ0) is 28.8. The van der Waals surface area contributed by atoms with Crippen LogP contribution in [0.3, 0.4) is 0 Å². The average molecular weight is 556 g/mol. The molecule has 4 heterocycles. The van der Waals surface area contributed by atoms with Gasteiger partial charge in [-0.1, -0.05) is 18.2 Å². The van der Waals surface area contributed by atoms with Gasteiger partial charge in [-0.3, -0.25) is 4.79 Å². The molecule has 0 saturated heterocycles. The molecule has 0 radical (unpaired) electrons. The predicted molar refractivity (Wildman–Crippen MR) is 139 cm³/mol. The molecule has 0 aliphatic carbocycles. The van der Waals surface area contributed by atoms with Gasteiger partial charge in [-0.2, -0.15) is 18.3 Å². The van der Waals surface area contributed by atoms with Crippen molar-refractivity contribution in [2.45, 2.75) is 44.4 Å². The van der Waals surface area contributed by atoms with Crippen LogP contribution in [0.5, 0.6) is 0 Å². The molecule has 1 aromatic carbocycles. The highest BCUT2D eigenvalue weighted by Crippen LogP contribution is 2.40. The van der Waals surface area contributed by atoms with Crippen LogP contribution in [0.1, 0.15) is 41.9 Å². The molecule has 1 aliphatic rings. The van der Waals surface area contributed by atoms with E-state index in [1.165, 1.54) is 10.7 Å². The number of carbonyl (C=O) groups excluding carboxylic acids is 1. The zero-order valence-corrected chi connectivity index (χ0v) is 21.5. The number of alkyl halides is 3. The maximum Gasteiger partial charge on any atom is 0.390 e. The lowest BCUT2D eigenvalue weighted by Crippen LogP contribution is -2.41. The smallest absolute Gasteiger partial charge is 0.386 e. The van der Waals surface area contributed by atoms with Gasteiger partial charge in [0.1, 0.15) is 23.0 Å². The third kappa shape index (κ3) is 5.09. The van der Waals surface area contributed by atoms with E-state index in [4.69, 9.17) is 11.5 Å². The van der Waals surface area contributed by atoms with E-state index in [2.05, 4.69) is 30.4 Å². The quantitative estimate of drug-likeness (QED) is 0.296. The summed E-state index contributed by atoms with van der Waals surface area (Å²) in [6.07, 6.45) is -4.18. The van der Waals surface area contributed by atoms with Gasteiger partial charge in [0, 0.05) is 29.9 Å². The van der Waals surface area contributed by atoms with E-state index in [1.54, 1.807) is 50.4 Å². The van der Waals surface area contributed by atoms with Crippen LogP contribution in [0.2, 0.25) is 0 Å². The van der Waals surface area contributed by atoms with E-state index in [-0.39, 0.29) is 35.4 Å². The molecule has 0 saturated carbocycles. The molecule has 1 atom stereocenters. The zero-order valence-electron chi connectivity index (χ0n) is 21.5. The Balaban J connectivity index is 1.58. The number of aliphatic imine (C=N–C) groups is 1. The molecule has 208 valence electrons. The molecule has 4 aromatic rings. The van der Waals surface area contributed by atoms with Crippen LogP contribution in [0.4, 0.5) is 23.4 Å². The Kier molecular flexibility index (Phi) is 6.74. The molecule has 0 bridgehead atoms. The summed E-state index contributed by atoms with van der Waals surface area (Å²) >= 11 is 0. The SMILES string of the molecule is CC1(C)C(N)=Nc2nc(-c3nn(Cc4ccccc4F)c4ncccc34)nc(C(=O)NCC(N)CC(F)(F)F)c21. The van der Waals surface area contributed by atoms with Gasteiger partial charge in [0.05, 0.1) is 23.8 Å². The first-order chi connectivity index (χ1) is 18.8. The van der Waals surface area contributed by atoms with Crippen molar-refractivity contribution in [2.75, 3.05) is 6.54 Å². The Morgan fingerprint density at radius 3 is 2.62 bits per heavy atom. The maximum atomic E-state index is 14.4. The minimum atomic E-state index is -4.48. The van der Waals surface area contributed by atoms with Gasteiger partial charge in [0.15, 0.2) is 17.3 Å². The standard InChI is InChI=1S/C26H25F4N9O/c1-25(2)17-19(23(40)34-11-14(31)10-26(28,29)30)35-21(36-20(17)37-24(25)32)18-15-7-5-9-33-22(15)39(38-18)12-13-6-3-4-8-16(13)27/h3-9,14H,10-12,31H2,1-2H3,(H,34,40)(H2,32,35,36,37). The molecule has 5 N–H and O–H groups in total. The number of aromatic nitrogens is 5. The number of amides is 1. The van der Waals surface area contributed by atoms with E-state index >= 15 is 0 Å². The number of rotatable bonds is 7. The van der Waals surface area contributed by atoms with Crippen molar-refractivity contribution in [3.63, 3.8) is 0 Å². The fourth-order valence-electron chi connectivity index (χ4n) is 4.51. The van der Waals surface area contributed by atoms with Crippen molar-refractivity contribution in [1.29, 1.82) is 0 Å². The van der Waals surface area contributed by atoms with Crippen molar-refractivity contribution in [3.8, 4) is 11.5 Å².